The zero-order valence-electron chi connectivity index (χ0n) is 16.3. The first-order valence-corrected chi connectivity index (χ1v) is 15.2. The van der Waals surface area contributed by atoms with Gasteiger partial charge in [-0.25, -0.2) is 0 Å². The molecule has 3 nitrogen and oxygen atoms in total. The summed E-state index contributed by atoms with van der Waals surface area (Å²) in [5, 5.41) is 10.8. The number of ether oxygens (including phenoxy) is 1. The van der Waals surface area contributed by atoms with Gasteiger partial charge in [-0.1, -0.05) is 57.5 Å². The van der Waals surface area contributed by atoms with Crippen LogP contribution in [0.4, 0.5) is 0 Å². The Morgan fingerprint density at radius 3 is 2.37 bits per heavy atom. The summed E-state index contributed by atoms with van der Waals surface area (Å²) < 4.78 is 5.44. The maximum absolute atomic E-state index is 10.8. The van der Waals surface area contributed by atoms with Gasteiger partial charge < -0.3 is 9.84 Å². The molecule has 0 saturated carbocycles. The zero-order valence-corrected chi connectivity index (χ0v) is 20.3. The minimum atomic E-state index is -0.826. The molecule has 0 aromatic heterocycles. The van der Waals surface area contributed by atoms with Crippen molar-refractivity contribution in [2.24, 2.45) is 4.99 Å². The summed E-state index contributed by atoms with van der Waals surface area (Å²) in [5.74, 6) is 0.994. The quantitative estimate of drug-likeness (QED) is 0.367. The first-order chi connectivity index (χ1) is 12.9. The molecular weight excluding hydrogens is 460 g/mol. The van der Waals surface area contributed by atoms with E-state index in [-0.39, 0.29) is 11.2 Å². The van der Waals surface area contributed by atoms with E-state index in [4.69, 9.17) is 21.8 Å². The monoisotopic (exact) mass is 485 g/mol. The number of aliphatic imine (C=N–C) groups is 1. The van der Waals surface area contributed by atoms with Crippen LogP contribution in [0, 0.1) is 0 Å². The molecule has 0 bridgehead atoms. The maximum atomic E-state index is 10.8. The van der Waals surface area contributed by atoms with Crippen LogP contribution in [0.2, 0.25) is 0 Å². The second-order valence-electron chi connectivity index (χ2n) is 6.56. The number of nitrogens with zero attached hydrogens (tertiary/aromatic N) is 1. The van der Waals surface area contributed by atoms with E-state index in [0.717, 1.165) is 36.3 Å². The number of phenolic OH excluding ortho intramolecular Hbond substituents is 1. The van der Waals surface area contributed by atoms with Crippen molar-refractivity contribution in [3.05, 3.63) is 59.2 Å². The molecule has 0 spiro atoms. The number of benzene rings is 2. The van der Waals surface area contributed by atoms with Crippen LogP contribution in [0.15, 0.2) is 47.5 Å². The summed E-state index contributed by atoms with van der Waals surface area (Å²) >= 11 is -0.826. The molecule has 146 valence electrons. The van der Waals surface area contributed by atoms with E-state index in [9.17, 15) is 5.11 Å². The standard InChI is InChI=1S/C21H27NO2.2ClH.Zr/c1-5-6-12-22-15-16-13-18(24-4)14-19(20(16)23)21(2,3)17-10-8-7-9-11-17;;;/h7-11,13-15,23H,5-6,12H2,1-4H3;2*1H;/q;;;+2/p-2. The third kappa shape index (κ3) is 7.25. The molecule has 1 N–H and O–H groups in total. The SMILES string of the molecule is CCCCN=Cc1cc(OC)cc(C(C)(C)c2ccccc2)c1O.[Cl][Zr][Cl]. The Morgan fingerprint density at radius 1 is 1.19 bits per heavy atom. The second kappa shape index (κ2) is 12.6. The van der Waals surface area contributed by atoms with Crippen molar-refractivity contribution in [3.8, 4) is 11.5 Å². The number of aromatic hydroxyl groups is 1. The number of halogens is 2. The molecule has 0 aliphatic rings. The average molecular weight is 488 g/mol. The number of hydrogen-bond acceptors (Lipinski definition) is 3. The van der Waals surface area contributed by atoms with Crippen LogP contribution in [0.25, 0.3) is 0 Å². The number of methoxy groups -OCH3 is 1. The minimum absolute atomic E-state index is 0.268. The third-order valence-corrected chi connectivity index (χ3v) is 4.39. The Labute approximate surface area is 181 Å². The fraction of sp³-hybridized carbons (Fsp3) is 0.381. The van der Waals surface area contributed by atoms with Crippen molar-refractivity contribution in [2.75, 3.05) is 13.7 Å². The van der Waals surface area contributed by atoms with Crippen LogP contribution >= 0.6 is 17.0 Å². The predicted molar refractivity (Wildman–Crippen MR) is 112 cm³/mol. The number of phenols is 1. The molecule has 2 aromatic rings. The molecule has 6 heteroatoms. The van der Waals surface area contributed by atoms with Crippen molar-refractivity contribution in [1.82, 2.24) is 0 Å². The molecule has 0 fully saturated rings. The van der Waals surface area contributed by atoms with E-state index in [1.807, 2.05) is 30.3 Å². The first kappa shape index (κ1) is 24.2. The summed E-state index contributed by atoms with van der Waals surface area (Å²) in [6, 6.07) is 13.9. The van der Waals surface area contributed by atoms with Gasteiger partial charge in [0.15, 0.2) is 0 Å². The first-order valence-electron chi connectivity index (χ1n) is 8.85. The van der Waals surface area contributed by atoms with E-state index in [0.29, 0.717) is 5.56 Å². The Balaban J connectivity index is 0.00000114. The van der Waals surface area contributed by atoms with Gasteiger partial charge in [-0.3, -0.25) is 4.99 Å². The molecule has 27 heavy (non-hydrogen) atoms. The van der Waals surface area contributed by atoms with E-state index in [1.54, 1.807) is 13.3 Å². The fourth-order valence-corrected chi connectivity index (χ4v) is 2.74. The van der Waals surface area contributed by atoms with E-state index in [1.165, 1.54) is 0 Å². The summed E-state index contributed by atoms with van der Waals surface area (Å²) in [4.78, 5) is 4.42. The normalized spacial score (nSPS) is 11.0. The molecular formula is C21H27Cl2NO2Zr. The van der Waals surface area contributed by atoms with Gasteiger partial charge in [0.25, 0.3) is 0 Å². The Morgan fingerprint density at radius 2 is 1.81 bits per heavy atom. The van der Waals surface area contributed by atoms with Crippen LogP contribution in [0.5, 0.6) is 11.5 Å². The van der Waals surface area contributed by atoms with Gasteiger partial charge in [-0.05, 0) is 24.1 Å². The van der Waals surface area contributed by atoms with Gasteiger partial charge in [-0.2, -0.15) is 0 Å². The molecule has 0 aliphatic carbocycles. The Bertz CT molecular complexity index is 722. The molecule has 0 amide bonds. The molecule has 0 atom stereocenters. The molecule has 2 rings (SSSR count). The van der Waals surface area contributed by atoms with Crippen LogP contribution in [0.1, 0.15) is 50.3 Å². The molecule has 0 radical (unpaired) electrons. The number of unbranched alkanes of at least 4 members (excludes halogenated alkanes) is 1. The molecule has 0 aliphatic heterocycles. The summed E-state index contributed by atoms with van der Waals surface area (Å²) in [5.41, 5.74) is 2.34. The van der Waals surface area contributed by atoms with Gasteiger partial charge in [0.1, 0.15) is 11.5 Å². The van der Waals surface area contributed by atoms with E-state index in [2.05, 4.69) is 37.9 Å². The number of hydrogen-bond donors (Lipinski definition) is 1. The second-order valence-corrected chi connectivity index (χ2v) is 10.3. The summed E-state index contributed by atoms with van der Waals surface area (Å²) in [6.45, 7) is 7.12. The van der Waals surface area contributed by atoms with Crippen molar-refractivity contribution >= 4 is 23.2 Å². The zero-order chi connectivity index (χ0) is 20.3. The van der Waals surface area contributed by atoms with Gasteiger partial charge in [0.05, 0.1) is 7.11 Å². The predicted octanol–water partition coefficient (Wildman–Crippen LogP) is 6.32. The number of rotatable bonds is 7. The molecule has 2 aromatic carbocycles. The van der Waals surface area contributed by atoms with Crippen LogP contribution in [0.3, 0.4) is 0 Å². The Hall–Kier alpha value is -0.827. The van der Waals surface area contributed by atoms with Gasteiger partial charge in [-0.15, -0.1) is 0 Å². The van der Waals surface area contributed by atoms with Gasteiger partial charge in [0.2, 0.25) is 0 Å². The van der Waals surface area contributed by atoms with Crippen molar-refractivity contribution < 1.29 is 30.7 Å². The van der Waals surface area contributed by atoms with Gasteiger partial charge >= 0.3 is 37.9 Å². The van der Waals surface area contributed by atoms with Crippen LogP contribution in [-0.4, -0.2) is 25.0 Å². The van der Waals surface area contributed by atoms with Crippen molar-refractivity contribution in [1.29, 1.82) is 0 Å². The molecule has 0 heterocycles. The molecule has 0 unspecified atom stereocenters. The fourth-order valence-electron chi connectivity index (χ4n) is 2.74. The molecule has 0 saturated heterocycles. The third-order valence-electron chi connectivity index (χ3n) is 4.39. The Kier molecular flexibility index (Phi) is 11.3. The van der Waals surface area contributed by atoms with E-state index < -0.39 is 20.8 Å². The van der Waals surface area contributed by atoms with Gasteiger partial charge in [0, 0.05) is 29.3 Å². The summed E-state index contributed by atoms with van der Waals surface area (Å²) in [6.07, 6.45) is 3.90. The van der Waals surface area contributed by atoms with E-state index >= 15 is 0 Å². The van der Waals surface area contributed by atoms with Crippen molar-refractivity contribution in [3.63, 3.8) is 0 Å². The summed E-state index contributed by atoms with van der Waals surface area (Å²) in [7, 11) is 11.5. The van der Waals surface area contributed by atoms with Crippen molar-refractivity contribution in [2.45, 2.75) is 39.0 Å². The average Bonchev–Trinajstić information content (AvgIpc) is 2.67. The van der Waals surface area contributed by atoms with Crippen LogP contribution < -0.4 is 4.74 Å². The topological polar surface area (TPSA) is 41.8 Å². The van der Waals surface area contributed by atoms with Crippen LogP contribution in [-0.2, 0) is 26.3 Å².